The van der Waals surface area contributed by atoms with E-state index in [0.717, 1.165) is 12.2 Å². The SMILES string of the molecule is CC1CC(=O)CCN1c1cnn(C(C)C)c1. The average molecular weight is 221 g/mol. The number of carbonyl (C=O) groups excluding carboxylic acids is 1. The molecule has 4 nitrogen and oxygen atoms in total. The second kappa shape index (κ2) is 4.28. The quantitative estimate of drug-likeness (QED) is 0.767. The molecule has 1 aliphatic heterocycles. The van der Waals surface area contributed by atoms with E-state index >= 15 is 0 Å². The number of hydrogen-bond donors (Lipinski definition) is 0. The molecule has 0 N–H and O–H groups in total. The molecule has 0 bridgehead atoms. The van der Waals surface area contributed by atoms with Crippen LogP contribution in [0, 0.1) is 0 Å². The van der Waals surface area contributed by atoms with Gasteiger partial charge < -0.3 is 4.90 Å². The van der Waals surface area contributed by atoms with Crippen LogP contribution >= 0.6 is 0 Å². The summed E-state index contributed by atoms with van der Waals surface area (Å²) in [5.41, 5.74) is 1.13. The molecule has 0 saturated carbocycles. The fourth-order valence-electron chi connectivity index (χ4n) is 2.15. The first kappa shape index (κ1) is 11.2. The number of ketones is 1. The molecule has 16 heavy (non-hydrogen) atoms. The molecule has 1 unspecified atom stereocenters. The van der Waals surface area contributed by atoms with Crippen LogP contribution in [0.1, 0.15) is 39.7 Å². The molecule has 2 heterocycles. The van der Waals surface area contributed by atoms with Gasteiger partial charge in [-0.15, -0.1) is 0 Å². The van der Waals surface area contributed by atoms with Gasteiger partial charge in [-0.05, 0) is 20.8 Å². The molecular formula is C12H19N3O. The summed E-state index contributed by atoms with van der Waals surface area (Å²) in [5.74, 6) is 0.375. The normalized spacial score (nSPS) is 21.9. The van der Waals surface area contributed by atoms with Gasteiger partial charge in [-0.25, -0.2) is 0 Å². The molecule has 1 aromatic heterocycles. The zero-order valence-electron chi connectivity index (χ0n) is 10.2. The molecule has 0 spiro atoms. The molecule has 1 fully saturated rings. The van der Waals surface area contributed by atoms with E-state index in [4.69, 9.17) is 0 Å². The number of nitrogens with zero attached hydrogens (tertiary/aromatic N) is 3. The summed E-state index contributed by atoms with van der Waals surface area (Å²) in [6.45, 7) is 7.15. The Balaban J connectivity index is 2.14. The minimum absolute atomic E-state index is 0.297. The lowest BCUT2D eigenvalue weighted by Gasteiger charge is -2.33. The summed E-state index contributed by atoms with van der Waals surface area (Å²) in [5, 5.41) is 4.33. The maximum Gasteiger partial charge on any atom is 0.136 e. The summed E-state index contributed by atoms with van der Waals surface area (Å²) in [6.07, 6.45) is 5.29. The van der Waals surface area contributed by atoms with Crippen LogP contribution in [-0.4, -0.2) is 28.2 Å². The van der Waals surface area contributed by atoms with Crippen molar-refractivity contribution in [3.63, 3.8) is 0 Å². The van der Waals surface area contributed by atoms with Crippen LogP contribution in [-0.2, 0) is 4.79 Å². The molecule has 2 rings (SSSR count). The van der Waals surface area contributed by atoms with Gasteiger partial charge in [0.15, 0.2) is 0 Å². The lowest BCUT2D eigenvalue weighted by atomic mass is 10.0. The van der Waals surface area contributed by atoms with Crippen molar-refractivity contribution in [3.05, 3.63) is 12.4 Å². The molecule has 1 aromatic rings. The van der Waals surface area contributed by atoms with Crippen LogP contribution < -0.4 is 4.90 Å². The average Bonchev–Trinajstić information content (AvgIpc) is 2.66. The molecule has 1 saturated heterocycles. The lowest BCUT2D eigenvalue weighted by Crippen LogP contribution is -2.40. The monoisotopic (exact) mass is 221 g/mol. The van der Waals surface area contributed by atoms with E-state index in [9.17, 15) is 4.79 Å². The topological polar surface area (TPSA) is 38.1 Å². The second-order valence-corrected chi connectivity index (χ2v) is 4.81. The Morgan fingerprint density at radius 3 is 2.81 bits per heavy atom. The van der Waals surface area contributed by atoms with E-state index in [1.807, 2.05) is 10.9 Å². The molecular weight excluding hydrogens is 202 g/mol. The third-order valence-corrected chi connectivity index (χ3v) is 3.14. The maximum absolute atomic E-state index is 11.3. The van der Waals surface area contributed by atoms with Crippen molar-refractivity contribution < 1.29 is 4.79 Å². The number of hydrogen-bond acceptors (Lipinski definition) is 3. The number of rotatable bonds is 2. The lowest BCUT2D eigenvalue weighted by molar-refractivity contribution is -0.120. The van der Waals surface area contributed by atoms with Gasteiger partial charge in [-0.2, -0.15) is 5.10 Å². The van der Waals surface area contributed by atoms with E-state index in [0.29, 0.717) is 30.7 Å². The molecule has 4 heteroatoms. The van der Waals surface area contributed by atoms with Gasteiger partial charge in [0.1, 0.15) is 5.78 Å². The third kappa shape index (κ3) is 2.10. The van der Waals surface area contributed by atoms with Crippen LogP contribution in [0.4, 0.5) is 5.69 Å². The van der Waals surface area contributed by atoms with Crippen LogP contribution in [0.15, 0.2) is 12.4 Å². The van der Waals surface area contributed by atoms with Crippen molar-refractivity contribution in [2.45, 2.75) is 45.7 Å². The van der Waals surface area contributed by atoms with Gasteiger partial charge in [-0.3, -0.25) is 9.48 Å². The number of anilines is 1. The number of Topliss-reactive ketones (excluding diaryl/α,β-unsaturated/α-hetero) is 1. The summed E-state index contributed by atoms with van der Waals surface area (Å²) in [4.78, 5) is 13.6. The molecule has 0 aliphatic carbocycles. The van der Waals surface area contributed by atoms with Crippen LogP contribution in [0.5, 0.6) is 0 Å². The Morgan fingerprint density at radius 2 is 2.25 bits per heavy atom. The number of carbonyl (C=O) groups is 1. The standard InChI is InChI=1S/C12H19N3O/c1-9(2)15-8-11(7-13-15)14-5-4-12(16)6-10(14)3/h7-10H,4-6H2,1-3H3. The second-order valence-electron chi connectivity index (χ2n) is 4.81. The Hall–Kier alpha value is -1.32. The number of aromatic nitrogens is 2. The number of piperidine rings is 1. The van der Waals surface area contributed by atoms with Gasteiger partial charge in [0.05, 0.1) is 11.9 Å². The van der Waals surface area contributed by atoms with Gasteiger partial charge in [-0.1, -0.05) is 0 Å². The van der Waals surface area contributed by atoms with Crippen molar-refractivity contribution in [2.75, 3.05) is 11.4 Å². The Bertz CT molecular complexity index is 383. The Morgan fingerprint density at radius 1 is 1.50 bits per heavy atom. The predicted octanol–water partition coefficient (Wildman–Crippen LogP) is 2.02. The first-order valence-corrected chi connectivity index (χ1v) is 5.90. The highest BCUT2D eigenvalue weighted by Gasteiger charge is 2.24. The summed E-state index contributed by atoms with van der Waals surface area (Å²) in [6, 6.07) is 0.682. The van der Waals surface area contributed by atoms with Crippen LogP contribution in [0.2, 0.25) is 0 Å². The summed E-state index contributed by atoms with van der Waals surface area (Å²) in [7, 11) is 0. The van der Waals surface area contributed by atoms with Crippen molar-refractivity contribution in [1.82, 2.24) is 9.78 Å². The van der Waals surface area contributed by atoms with Crippen molar-refractivity contribution >= 4 is 11.5 Å². The van der Waals surface area contributed by atoms with E-state index in [-0.39, 0.29) is 0 Å². The molecule has 0 aromatic carbocycles. The summed E-state index contributed by atoms with van der Waals surface area (Å²) >= 11 is 0. The molecule has 1 atom stereocenters. The van der Waals surface area contributed by atoms with Crippen LogP contribution in [0.25, 0.3) is 0 Å². The fourth-order valence-corrected chi connectivity index (χ4v) is 2.15. The molecule has 0 radical (unpaired) electrons. The third-order valence-electron chi connectivity index (χ3n) is 3.14. The van der Waals surface area contributed by atoms with Crippen molar-refractivity contribution in [1.29, 1.82) is 0 Å². The van der Waals surface area contributed by atoms with Gasteiger partial charge in [0.25, 0.3) is 0 Å². The molecule has 88 valence electrons. The first-order valence-electron chi connectivity index (χ1n) is 5.90. The molecule has 1 aliphatic rings. The molecule has 0 amide bonds. The van der Waals surface area contributed by atoms with Gasteiger partial charge >= 0.3 is 0 Å². The summed E-state index contributed by atoms with van der Waals surface area (Å²) < 4.78 is 1.96. The highest BCUT2D eigenvalue weighted by Crippen LogP contribution is 2.23. The minimum atomic E-state index is 0.297. The Kier molecular flexibility index (Phi) is 2.99. The zero-order chi connectivity index (χ0) is 11.7. The Labute approximate surface area is 96.2 Å². The maximum atomic E-state index is 11.3. The van der Waals surface area contributed by atoms with E-state index in [2.05, 4.69) is 37.0 Å². The van der Waals surface area contributed by atoms with Gasteiger partial charge in [0.2, 0.25) is 0 Å². The van der Waals surface area contributed by atoms with Crippen LogP contribution in [0.3, 0.4) is 0 Å². The van der Waals surface area contributed by atoms with Gasteiger partial charge in [0, 0.05) is 37.7 Å². The van der Waals surface area contributed by atoms with Crippen molar-refractivity contribution in [2.24, 2.45) is 0 Å². The fraction of sp³-hybridized carbons (Fsp3) is 0.667. The predicted molar refractivity (Wildman–Crippen MR) is 63.7 cm³/mol. The highest BCUT2D eigenvalue weighted by molar-refractivity contribution is 5.81. The first-order chi connectivity index (χ1) is 7.58. The zero-order valence-corrected chi connectivity index (χ0v) is 10.2. The minimum Gasteiger partial charge on any atom is -0.365 e. The van der Waals surface area contributed by atoms with E-state index in [1.165, 1.54) is 0 Å². The van der Waals surface area contributed by atoms with E-state index in [1.54, 1.807) is 0 Å². The van der Waals surface area contributed by atoms with Crippen molar-refractivity contribution in [3.8, 4) is 0 Å². The smallest absolute Gasteiger partial charge is 0.136 e. The highest BCUT2D eigenvalue weighted by atomic mass is 16.1. The van der Waals surface area contributed by atoms with E-state index < -0.39 is 0 Å². The largest absolute Gasteiger partial charge is 0.365 e.